The van der Waals surface area contributed by atoms with Crippen LogP contribution in [0.3, 0.4) is 0 Å². The van der Waals surface area contributed by atoms with Crippen LogP contribution in [0.1, 0.15) is 13.3 Å². The van der Waals surface area contributed by atoms with Gasteiger partial charge in [-0.3, -0.25) is 0 Å². The van der Waals surface area contributed by atoms with Crippen LogP contribution in [0.4, 0.5) is 5.95 Å². The summed E-state index contributed by atoms with van der Waals surface area (Å²) >= 11 is 0. The molecule has 200 valence electrons. The van der Waals surface area contributed by atoms with Crippen molar-refractivity contribution < 1.29 is 22.4 Å². The molecule has 13 heteroatoms. The lowest BCUT2D eigenvalue weighted by molar-refractivity contribution is 0.140. The molecule has 1 aliphatic rings. The van der Waals surface area contributed by atoms with E-state index in [1.54, 1.807) is 4.57 Å². The third-order valence-corrected chi connectivity index (χ3v) is 6.18. The number of hydrogen-bond donors (Lipinski definition) is 0. The summed E-state index contributed by atoms with van der Waals surface area (Å²) in [7, 11) is 2.04. The lowest BCUT2D eigenvalue weighted by atomic mass is 10.2. The summed E-state index contributed by atoms with van der Waals surface area (Å²) in [6.45, 7) is 5.92. The molecule has 0 spiro atoms. The van der Waals surface area contributed by atoms with Gasteiger partial charge in [-0.1, -0.05) is 0 Å². The average Bonchev–Trinajstić information content (AvgIpc) is 3.10. The number of rotatable bonds is 5. The van der Waals surface area contributed by atoms with Crippen LogP contribution in [0.15, 0.2) is 61.1 Å². The number of likely N-dealkylation sites (N-methyl/N-ethyl adjacent to an activating group) is 1. The van der Waals surface area contributed by atoms with Crippen LogP contribution in [0.5, 0.6) is 0 Å². The molecule has 1 saturated heterocycles. The number of nitrogens with zero attached hydrogens (tertiary/aromatic N) is 4. The summed E-state index contributed by atoms with van der Waals surface area (Å²) in [5.74, 6) is 0.505. The third kappa shape index (κ3) is 4.97. The first-order chi connectivity index (χ1) is 18.4. The van der Waals surface area contributed by atoms with Crippen molar-refractivity contribution in [1.29, 1.82) is 0 Å². The van der Waals surface area contributed by atoms with Crippen LogP contribution in [-0.4, -0.2) is 60.9 Å². The predicted octanol–water partition coefficient (Wildman–Crippen LogP) is 1.46. The Kier molecular flexibility index (Phi) is 7.11. The van der Waals surface area contributed by atoms with Gasteiger partial charge < -0.3 is 36.8 Å². The van der Waals surface area contributed by atoms with Gasteiger partial charge in [-0.25, -0.2) is 24.2 Å². The predicted molar refractivity (Wildman–Crippen MR) is 137 cm³/mol. The largest absolute Gasteiger partial charge is 0.417 e. The molecule has 0 amide bonds. The highest BCUT2D eigenvalue weighted by molar-refractivity contribution is 6.15. The Bertz CT molecular complexity index is 1800. The molecule has 1 aromatic carbocycles. The first kappa shape index (κ1) is 25.4. The summed E-state index contributed by atoms with van der Waals surface area (Å²) in [4.78, 5) is 59.0. The van der Waals surface area contributed by atoms with Gasteiger partial charge in [0.2, 0.25) is 28.3 Å². The zero-order chi connectivity index (χ0) is 26.8. The van der Waals surface area contributed by atoms with Crippen LogP contribution in [0, 0.1) is 0 Å². The maximum absolute atomic E-state index is 12.6. The molecule has 38 heavy (non-hydrogen) atoms. The molecule has 5 rings (SSSR count). The van der Waals surface area contributed by atoms with Gasteiger partial charge >= 0.3 is 22.5 Å². The van der Waals surface area contributed by atoms with E-state index in [-0.39, 0.29) is 34.3 Å². The van der Waals surface area contributed by atoms with Crippen LogP contribution in [0.2, 0.25) is 0 Å². The summed E-state index contributed by atoms with van der Waals surface area (Å²) in [6.07, 6.45) is 0.871. The molecule has 4 heterocycles. The van der Waals surface area contributed by atoms with Gasteiger partial charge in [-0.2, -0.15) is 0 Å². The van der Waals surface area contributed by atoms with Crippen molar-refractivity contribution in [2.24, 2.45) is 0 Å². The number of aromatic nitrogens is 2. The minimum atomic E-state index is -0.920. The van der Waals surface area contributed by atoms with Crippen molar-refractivity contribution in [3.63, 3.8) is 0 Å². The minimum absolute atomic E-state index is 0.0905. The summed E-state index contributed by atoms with van der Waals surface area (Å²) in [6, 6.07) is 3.59. The molecule has 0 bridgehead atoms. The van der Waals surface area contributed by atoms with Crippen LogP contribution in [0.25, 0.3) is 33.4 Å². The second-order valence-corrected chi connectivity index (χ2v) is 8.77. The third-order valence-electron chi connectivity index (χ3n) is 6.18. The summed E-state index contributed by atoms with van der Waals surface area (Å²) in [5, 5.41) is 0. The van der Waals surface area contributed by atoms with Gasteiger partial charge in [0.15, 0.2) is 0 Å². The number of imidazole rings is 1. The van der Waals surface area contributed by atoms with Crippen LogP contribution < -0.4 is 27.4 Å². The van der Waals surface area contributed by atoms with E-state index in [2.05, 4.69) is 9.80 Å². The fraction of sp³-hybridized carbons (Fsp3) is 0.400. The number of anilines is 1. The van der Waals surface area contributed by atoms with Crippen LogP contribution >= 0.6 is 0 Å². The van der Waals surface area contributed by atoms with Gasteiger partial charge in [0.1, 0.15) is 11.0 Å². The fourth-order valence-electron chi connectivity index (χ4n) is 4.44. The molecule has 0 unspecified atom stereocenters. The molecule has 1 aliphatic heterocycles. The minimum Gasteiger partial charge on any atom is -0.417 e. The standard InChI is InChI=1S/C25H26N4O9/c1-3-34-14-13-29-20-19(26-25(29)28-10-4-9-27(2)11-12-28)21-23(37-17(32)7-5-15(30)35-21)24-22(20)36-16(31)6-8-18(33)38-24/h5-8H,3-4,9-14H2,1-2H3. The molecule has 1 fully saturated rings. The number of fused-ring (bicyclic) bond motifs is 6. The molecule has 3 aromatic heterocycles. The second-order valence-electron chi connectivity index (χ2n) is 8.77. The van der Waals surface area contributed by atoms with Gasteiger partial charge in [0.25, 0.3) is 0 Å². The summed E-state index contributed by atoms with van der Waals surface area (Å²) < 4.78 is 29.4. The van der Waals surface area contributed by atoms with Crippen molar-refractivity contribution in [3.8, 4) is 0 Å². The molecule has 0 radical (unpaired) electrons. The Morgan fingerprint density at radius 1 is 0.789 bits per heavy atom. The topological polar surface area (TPSA) is 154 Å². The van der Waals surface area contributed by atoms with Crippen molar-refractivity contribution in [3.05, 3.63) is 65.9 Å². The maximum Gasteiger partial charge on any atom is 0.336 e. The van der Waals surface area contributed by atoms with E-state index >= 15 is 0 Å². The number of hydrogen-bond acceptors (Lipinski definition) is 12. The summed E-state index contributed by atoms with van der Waals surface area (Å²) in [5.41, 5.74) is -4.46. The Hall–Kier alpha value is -4.23. The van der Waals surface area contributed by atoms with Crippen molar-refractivity contribution in [2.45, 2.75) is 19.9 Å². The molecular formula is C25H26N4O9. The lowest BCUT2D eigenvalue weighted by Gasteiger charge is -2.23. The highest BCUT2D eigenvalue weighted by Crippen LogP contribution is 2.35. The average molecular weight is 527 g/mol. The van der Waals surface area contributed by atoms with Crippen molar-refractivity contribution in [1.82, 2.24) is 14.5 Å². The van der Waals surface area contributed by atoms with Gasteiger partial charge in [-0.05, 0) is 26.9 Å². The zero-order valence-electron chi connectivity index (χ0n) is 20.9. The van der Waals surface area contributed by atoms with Crippen LogP contribution in [-0.2, 0) is 11.3 Å². The van der Waals surface area contributed by atoms with E-state index in [1.807, 2.05) is 14.0 Å². The Morgan fingerprint density at radius 2 is 1.37 bits per heavy atom. The normalized spacial score (nSPS) is 14.7. The van der Waals surface area contributed by atoms with Gasteiger partial charge in [0, 0.05) is 57.1 Å². The van der Waals surface area contributed by atoms with Crippen molar-refractivity contribution in [2.75, 3.05) is 51.3 Å². The first-order valence-electron chi connectivity index (χ1n) is 12.2. The molecule has 4 aromatic rings. The molecule has 13 nitrogen and oxygen atoms in total. The Balaban J connectivity index is 2.01. The van der Waals surface area contributed by atoms with E-state index in [9.17, 15) is 19.2 Å². The molecule has 0 N–H and O–H groups in total. The Labute approximate surface area is 213 Å². The van der Waals surface area contributed by atoms with E-state index < -0.39 is 28.1 Å². The molecule has 0 atom stereocenters. The fourth-order valence-corrected chi connectivity index (χ4v) is 4.44. The maximum atomic E-state index is 12.6. The monoisotopic (exact) mass is 526 g/mol. The smallest absolute Gasteiger partial charge is 0.336 e. The molecule has 0 saturated carbocycles. The van der Waals surface area contributed by atoms with E-state index in [1.165, 1.54) is 0 Å². The van der Waals surface area contributed by atoms with E-state index in [4.69, 9.17) is 27.4 Å². The van der Waals surface area contributed by atoms with Gasteiger partial charge in [-0.15, -0.1) is 0 Å². The highest BCUT2D eigenvalue weighted by Gasteiger charge is 2.27. The SMILES string of the molecule is CCOCCn1c(N2CCCN(C)CC2)nc2c3oc(=O)ccc(=O)oc3c3oc(=O)ccc(=O)oc3c21. The van der Waals surface area contributed by atoms with E-state index in [0.29, 0.717) is 32.3 Å². The second kappa shape index (κ2) is 10.6. The van der Waals surface area contributed by atoms with Crippen molar-refractivity contribution >= 4 is 39.3 Å². The zero-order valence-corrected chi connectivity index (χ0v) is 20.9. The first-order valence-corrected chi connectivity index (χ1v) is 12.2. The molecule has 0 aliphatic carbocycles. The van der Waals surface area contributed by atoms with E-state index in [0.717, 1.165) is 43.8 Å². The highest BCUT2D eigenvalue weighted by atomic mass is 16.5. The number of ether oxygens (including phenoxy) is 1. The van der Waals surface area contributed by atoms with Gasteiger partial charge in [0.05, 0.1) is 6.61 Å². The lowest BCUT2D eigenvalue weighted by Crippen LogP contribution is -2.31. The molecular weight excluding hydrogens is 500 g/mol. The Morgan fingerprint density at radius 3 is 2.00 bits per heavy atom. The quantitative estimate of drug-likeness (QED) is 0.346. The number of benzene rings is 1.